The normalized spacial score (nSPS) is 11.7. The van der Waals surface area contributed by atoms with Gasteiger partial charge in [-0.25, -0.2) is 4.98 Å². The predicted octanol–water partition coefficient (Wildman–Crippen LogP) is 0.623. The Balaban J connectivity index is 2.10. The number of hydrogen-bond donors (Lipinski definition) is 3. The number of oxazole rings is 1. The number of amides is 1. The van der Waals surface area contributed by atoms with E-state index in [1.165, 1.54) is 27.6 Å². The molecule has 0 bridgehead atoms. The lowest BCUT2D eigenvalue weighted by Gasteiger charge is -2.14. The number of methoxy groups -OCH3 is 3. The monoisotopic (exact) mass is 351 g/mol. The highest BCUT2D eigenvalue weighted by molar-refractivity contribution is 5.91. The number of ether oxygens (including phenoxy) is 3. The first-order valence-electron chi connectivity index (χ1n) is 7.43. The molecule has 0 spiro atoms. The molecule has 0 fully saturated rings. The van der Waals surface area contributed by atoms with E-state index < -0.39 is 11.9 Å². The van der Waals surface area contributed by atoms with E-state index in [4.69, 9.17) is 29.5 Å². The van der Waals surface area contributed by atoms with Crippen LogP contribution in [-0.2, 0) is 6.54 Å². The molecule has 1 aromatic carbocycles. The third-order valence-electron chi connectivity index (χ3n) is 3.45. The molecule has 25 heavy (non-hydrogen) atoms. The molecule has 4 N–H and O–H groups in total. The molecule has 9 heteroatoms. The number of aliphatic hydroxyl groups excluding tert-OH is 1. The zero-order valence-electron chi connectivity index (χ0n) is 14.2. The SMILES string of the molecule is COc1cc(CNC(=O)c2coc(C(N)CO)n2)cc(OC)c1OC. The fourth-order valence-electron chi connectivity index (χ4n) is 2.15. The second-order valence-corrected chi connectivity index (χ2v) is 5.08. The molecule has 0 aliphatic rings. The van der Waals surface area contributed by atoms with Gasteiger partial charge in [0.1, 0.15) is 12.3 Å². The molecule has 136 valence electrons. The Hall–Kier alpha value is -2.78. The third kappa shape index (κ3) is 4.20. The van der Waals surface area contributed by atoms with Gasteiger partial charge < -0.3 is 34.8 Å². The molecular formula is C16H21N3O6. The first-order chi connectivity index (χ1) is 12.0. The molecule has 0 saturated carbocycles. The maximum Gasteiger partial charge on any atom is 0.273 e. The van der Waals surface area contributed by atoms with E-state index in [0.29, 0.717) is 17.2 Å². The summed E-state index contributed by atoms with van der Waals surface area (Å²) in [6.07, 6.45) is 1.19. The molecule has 2 rings (SSSR count). The van der Waals surface area contributed by atoms with E-state index in [-0.39, 0.29) is 24.7 Å². The Labute approximate surface area is 144 Å². The van der Waals surface area contributed by atoms with E-state index in [9.17, 15) is 4.79 Å². The van der Waals surface area contributed by atoms with Crippen molar-refractivity contribution in [2.75, 3.05) is 27.9 Å². The number of carbonyl (C=O) groups excluding carboxylic acids is 1. The summed E-state index contributed by atoms with van der Waals surface area (Å²) in [7, 11) is 4.54. The van der Waals surface area contributed by atoms with Crippen molar-refractivity contribution in [3.05, 3.63) is 35.5 Å². The fourth-order valence-corrected chi connectivity index (χ4v) is 2.15. The first kappa shape index (κ1) is 18.6. The number of aromatic nitrogens is 1. The molecule has 0 radical (unpaired) electrons. The zero-order chi connectivity index (χ0) is 18.4. The molecule has 2 aromatic rings. The van der Waals surface area contributed by atoms with Crippen LogP contribution in [0, 0.1) is 0 Å². The van der Waals surface area contributed by atoms with Crippen molar-refractivity contribution in [3.63, 3.8) is 0 Å². The number of rotatable bonds is 8. The van der Waals surface area contributed by atoms with Gasteiger partial charge in [0.15, 0.2) is 17.2 Å². The number of nitrogens with zero attached hydrogens (tertiary/aromatic N) is 1. The van der Waals surface area contributed by atoms with Crippen molar-refractivity contribution in [2.24, 2.45) is 5.73 Å². The van der Waals surface area contributed by atoms with Crippen molar-refractivity contribution < 1.29 is 28.5 Å². The predicted molar refractivity (Wildman–Crippen MR) is 87.8 cm³/mol. The van der Waals surface area contributed by atoms with Gasteiger partial charge in [-0.05, 0) is 17.7 Å². The first-order valence-corrected chi connectivity index (χ1v) is 7.43. The lowest BCUT2D eigenvalue weighted by molar-refractivity contribution is 0.0945. The van der Waals surface area contributed by atoms with E-state index in [1.807, 2.05) is 0 Å². The van der Waals surface area contributed by atoms with Crippen LogP contribution in [0.4, 0.5) is 0 Å². The highest BCUT2D eigenvalue weighted by atomic mass is 16.5. The average molecular weight is 351 g/mol. The summed E-state index contributed by atoms with van der Waals surface area (Å²) >= 11 is 0. The summed E-state index contributed by atoms with van der Waals surface area (Å²) in [5.74, 6) is 1.11. The van der Waals surface area contributed by atoms with Gasteiger partial charge >= 0.3 is 0 Å². The van der Waals surface area contributed by atoms with Gasteiger partial charge in [-0.1, -0.05) is 0 Å². The van der Waals surface area contributed by atoms with E-state index in [1.54, 1.807) is 12.1 Å². The highest BCUT2D eigenvalue weighted by Gasteiger charge is 2.17. The lowest BCUT2D eigenvalue weighted by Crippen LogP contribution is -2.23. The van der Waals surface area contributed by atoms with Crippen molar-refractivity contribution in [2.45, 2.75) is 12.6 Å². The fraction of sp³-hybridized carbons (Fsp3) is 0.375. The maximum atomic E-state index is 12.2. The van der Waals surface area contributed by atoms with E-state index >= 15 is 0 Å². The lowest BCUT2D eigenvalue weighted by atomic mass is 10.1. The Kier molecular flexibility index (Phi) is 6.20. The third-order valence-corrected chi connectivity index (χ3v) is 3.45. The minimum absolute atomic E-state index is 0.0753. The average Bonchev–Trinajstić information content (AvgIpc) is 3.14. The number of nitrogens with two attached hydrogens (primary N) is 1. The summed E-state index contributed by atoms with van der Waals surface area (Å²) in [6, 6.07) is 2.70. The zero-order valence-corrected chi connectivity index (χ0v) is 14.2. The summed E-state index contributed by atoms with van der Waals surface area (Å²) in [5.41, 5.74) is 6.41. The molecular weight excluding hydrogens is 330 g/mol. The standard InChI is InChI=1S/C16H21N3O6/c1-22-12-4-9(5-13(23-2)14(12)24-3)6-18-15(21)11-8-25-16(19-11)10(17)7-20/h4-5,8,10,20H,6-7,17H2,1-3H3,(H,18,21). The Morgan fingerprint density at radius 1 is 1.28 bits per heavy atom. The molecule has 1 heterocycles. The second-order valence-electron chi connectivity index (χ2n) is 5.08. The van der Waals surface area contributed by atoms with Gasteiger partial charge in [-0.3, -0.25) is 4.79 Å². The van der Waals surface area contributed by atoms with Gasteiger partial charge in [0.2, 0.25) is 11.6 Å². The summed E-state index contributed by atoms with van der Waals surface area (Å²) in [5, 5.41) is 11.7. The summed E-state index contributed by atoms with van der Waals surface area (Å²) < 4.78 is 20.9. The van der Waals surface area contributed by atoms with Crippen molar-refractivity contribution in [1.82, 2.24) is 10.3 Å². The molecule has 0 aliphatic carbocycles. The van der Waals surface area contributed by atoms with Crippen LogP contribution < -0.4 is 25.3 Å². The number of carbonyl (C=O) groups is 1. The number of benzene rings is 1. The topological polar surface area (TPSA) is 129 Å². The van der Waals surface area contributed by atoms with Crippen LogP contribution >= 0.6 is 0 Å². The van der Waals surface area contributed by atoms with Crippen LogP contribution in [0.3, 0.4) is 0 Å². The summed E-state index contributed by atoms with van der Waals surface area (Å²) in [6.45, 7) is -0.114. The Morgan fingerprint density at radius 2 is 1.92 bits per heavy atom. The van der Waals surface area contributed by atoms with Crippen LogP contribution in [0.5, 0.6) is 17.2 Å². The Morgan fingerprint density at radius 3 is 2.44 bits per heavy atom. The molecule has 1 unspecified atom stereocenters. The van der Waals surface area contributed by atoms with Crippen LogP contribution in [0.1, 0.15) is 28.0 Å². The van der Waals surface area contributed by atoms with Crippen molar-refractivity contribution in [1.29, 1.82) is 0 Å². The molecule has 0 aliphatic heterocycles. The smallest absolute Gasteiger partial charge is 0.273 e. The largest absolute Gasteiger partial charge is 0.493 e. The van der Waals surface area contributed by atoms with Crippen molar-refractivity contribution in [3.8, 4) is 17.2 Å². The van der Waals surface area contributed by atoms with Gasteiger partial charge in [0.25, 0.3) is 5.91 Å². The molecule has 9 nitrogen and oxygen atoms in total. The van der Waals surface area contributed by atoms with Crippen LogP contribution in [-0.4, -0.2) is 43.9 Å². The number of aliphatic hydroxyl groups is 1. The molecule has 1 atom stereocenters. The van der Waals surface area contributed by atoms with Gasteiger partial charge in [-0.2, -0.15) is 0 Å². The molecule has 0 saturated heterocycles. The number of nitrogens with one attached hydrogen (secondary N) is 1. The number of hydrogen-bond acceptors (Lipinski definition) is 8. The quantitative estimate of drug-likeness (QED) is 0.631. The van der Waals surface area contributed by atoms with Gasteiger partial charge in [0.05, 0.1) is 27.9 Å². The molecule has 1 aromatic heterocycles. The van der Waals surface area contributed by atoms with Crippen LogP contribution in [0.2, 0.25) is 0 Å². The second kappa shape index (κ2) is 8.36. The molecule has 1 amide bonds. The van der Waals surface area contributed by atoms with Gasteiger partial charge in [0, 0.05) is 6.54 Å². The van der Waals surface area contributed by atoms with E-state index in [0.717, 1.165) is 5.56 Å². The maximum absolute atomic E-state index is 12.2. The minimum Gasteiger partial charge on any atom is -0.493 e. The van der Waals surface area contributed by atoms with Crippen molar-refractivity contribution >= 4 is 5.91 Å². The van der Waals surface area contributed by atoms with E-state index in [2.05, 4.69) is 10.3 Å². The van der Waals surface area contributed by atoms with Crippen LogP contribution in [0.25, 0.3) is 0 Å². The minimum atomic E-state index is -0.767. The van der Waals surface area contributed by atoms with Crippen LogP contribution in [0.15, 0.2) is 22.8 Å². The highest BCUT2D eigenvalue weighted by Crippen LogP contribution is 2.38. The summed E-state index contributed by atoms with van der Waals surface area (Å²) in [4.78, 5) is 16.1. The van der Waals surface area contributed by atoms with Gasteiger partial charge in [-0.15, -0.1) is 0 Å². The Bertz CT molecular complexity index is 705.